The van der Waals surface area contributed by atoms with Crippen LogP contribution in [0.15, 0.2) is 11.2 Å². The summed E-state index contributed by atoms with van der Waals surface area (Å²) < 4.78 is 31.5. The van der Waals surface area contributed by atoms with Crippen LogP contribution in [0.2, 0.25) is 0 Å². The van der Waals surface area contributed by atoms with Crippen LogP contribution in [0.25, 0.3) is 0 Å². The van der Waals surface area contributed by atoms with Gasteiger partial charge in [-0.3, -0.25) is 5.10 Å². The molecule has 1 unspecified atom stereocenters. The van der Waals surface area contributed by atoms with E-state index in [0.717, 1.165) is 12.6 Å². The van der Waals surface area contributed by atoms with E-state index in [1.54, 1.807) is 0 Å². The Morgan fingerprint density at radius 2 is 2.32 bits per heavy atom. The Morgan fingerprint density at radius 3 is 2.84 bits per heavy atom. The van der Waals surface area contributed by atoms with Crippen LogP contribution in [0.1, 0.15) is 30.1 Å². The lowest BCUT2D eigenvalue weighted by molar-refractivity contribution is 0.0692. The summed E-state index contributed by atoms with van der Waals surface area (Å²) in [4.78, 5) is 10.9. The number of methoxy groups -OCH3 is 1. The van der Waals surface area contributed by atoms with Gasteiger partial charge in [-0.1, -0.05) is 13.3 Å². The second-order valence-electron chi connectivity index (χ2n) is 3.98. The van der Waals surface area contributed by atoms with Gasteiger partial charge in [0.05, 0.1) is 12.8 Å². The lowest BCUT2D eigenvalue weighted by atomic mass is 10.2. The summed E-state index contributed by atoms with van der Waals surface area (Å²) in [5.74, 6) is -1.35. The van der Waals surface area contributed by atoms with Crippen molar-refractivity contribution in [2.45, 2.75) is 30.8 Å². The van der Waals surface area contributed by atoms with Crippen LogP contribution in [0, 0.1) is 0 Å². The van der Waals surface area contributed by atoms with Gasteiger partial charge < -0.3 is 9.84 Å². The fraction of sp³-hybridized carbons (Fsp3) is 0.600. The molecular formula is C10H17N3O5S. The Labute approximate surface area is 111 Å². The highest BCUT2D eigenvalue weighted by Gasteiger charge is 2.27. The van der Waals surface area contributed by atoms with Crippen LogP contribution in [-0.2, 0) is 14.8 Å². The van der Waals surface area contributed by atoms with E-state index in [-0.39, 0.29) is 12.2 Å². The maximum Gasteiger partial charge on any atom is 0.340 e. The average molecular weight is 291 g/mol. The van der Waals surface area contributed by atoms with Crippen molar-refractivity contribution in [3.8, 4) is 0 Å². The predicted molar refractivity (Wildman–Crippen MR) is 66.4 cm³/mol. The maximum atomic E-state index is 12.1. The molecule has 3 N–H and O–H groups in total. The molecule has 1 heterocycles. The minimum atomic E-state index is -3.97. The Hall–Kier alpha value is -1.45. The van der Waals surface area contributed by atoms with Crippen LogP contribution < -0.4 is 4.72 Å². The summed E-state index contributed by atoms with van der Waals surface area (Å²) in [5, 5.41) is 14.1. The first-order chi connectivity index (χ1) is 8.92. The molecule has 19 heavy (non-hydrogen) atoms. The number of carboxylic acid groups (broad SMARTS) is 1. The molecule has 0 aliphatic heterocycles. The summed E-state index contributed by atoms with van der Waals surface area (Å²) >= 11 is 0. The highest BCUT2D eigenvalue weighted by atomic mass is 32.2. The minimum absolute atomic E-state index is 0.212. The van der Waals surface area contributed by atoms with E-state index in [0.29, 0.717) is 6.42 Å². The van der Waals surface area contributed by atoms with Gasteiger partial charge in [-0.05, 0) is 6.42 Å². The van der Waals surface area contributed by atoms with Gasteiger partial charge in [0.25, 0.3) is 10.0 Å². The number of aromatic amines is 1. The van der Waals surface area contributed by atoms with E-state index >= 15 is 0 Å². The summed E-state index contributed by atoms with van der Waals surface area (Å²) in [6, 6.07) is -0.412. The van der Waals surface area contributed by atoms with Crippen molar-refractivity contribution in [1.29, 1.82) is 0 Å². The van der Waals surface area contributed by atoms with Gasteiger partial charge in [0.15, 0.2) is 5.03 Å². The van der Waals surface area contributed by atoms with E-state index in [4.69, 9.17) is 9.84 Å². The van der Waals surface area contributed by atoms with Crippen LogP contribution >= 0.6 is 0 Å². The molecule has 1 rings (SSSR count). The first-order valence-electron chi connectivity index (χ1n) is 5.70. The monoisotopic (exact) mass is 291 g/mol. The molecule has 1 aromatic heterocycles. The predicted octanol–water partition coefficient (Wildman–Crippen LogP) is 0.201. The Kier molecular flexibility index (Phi) is 5.45. The maximum absolute atomic E-state index is 12.1. The zero-order valence-electron chi connectivity index (χ0n) is 10.7. The molecule has 8 nitrogen and oxygen atoms in total. The molecule has 9 heteroatoms. The zero-order chi connectivity index (χ0) is 14.5. The van der Waals surface area contributed by atoms with Crippen LogP contribution in [-0.4, -0.2) is 49.4 Å². The second-order valence-corrected chi connectivity index (χ2v) is 5.63. The van der Waals surface area contributed by atoms with Gasteiger partial charge in [-0.15, -0.1) is 0 Å². The number of carboxylic acids is 1. The molecule has 108 valence electrons. The number of nitrogens with one attached hydrogen (secondary N) is 2. The smallest absolute Gasteiger partial charge is 0.340 e. The first kappa shape index (κ1) is 15.6. The third kappa shape index (κ3) is 4.01. The van der Waals surface area contributed by atoms with Crippen molar-refractivity contribution in [2.75, 3.05) is 13.7 Å². The Balaban J connectivity index is 2.96. The van der Waals surface area contributed by atoms with Crippen molar-refractivity contribution in [2.24, 2.45) is 0 Å². The molecule has 0 aliphatic carbocycles. The van der Waals surface area contributed by atoms with E-state index < -0.39 is 27.1 Å². The molecule has 1 atom stereocenters. The SMILES string of the molecule is CCCC(COC)NS(=O)(=O)c1[nH]ncc1C(=O)O. The van der Waals surface area contributed by atoms with Crippen LogP contribution in [0.3, 0.4) is 0 Å². The minimum Gasteiger partial charge on any atom is -0.478 e. The van der Waals surface area contributed by atoms with Crippen LogP contribution in [0.4, 0.5) is 0 Å². The van der Waals surface area contributed by atoms with E-state index in [1.165, 1.54) is 7.11 Å². The van der Waals surface area contributed by atoms with Crippen molar-refractivity contribution in [3.63, 3.8) is 0 Å². The molecule has 1 aromatic rings. The quantitative estimate of drug-likeness (QED) is 0.629. The fourth-order valence-electron chi connectivity index (χ4n) is 1.64. The van der Waals surface area contributed by atoms with Gasteiger partial charge in [0, 0.05) is 13.2 Å². The van der Waals surface area contributed by atoms with Gasteiger partial charge in [-0.25, -0.2) is 17.9 Å². The van der Waals surface area contributed by atoms with Gasteiger partial charge in [0.1, 0.15) is 5.56 Å². The number of rotatable bonds is 8. The molecular weight excluding hydrogens is 274 g/mol. The molecule has 0 bridgehead atoms. The zero-order valence-corrected chi connectivity index (χ0v) is 11.5. The summed E-state index contributed by atoms with van der Waals surface area (Å²) in [7, 11) is -2.50. The van der Waals surface area contributed by atoms with Gasteiger partial charge >= 0.3 is 5.97 Å². The van der Waals surface area contributed by atoms with Crippen molar-refractivity contribution in [3.05, 3.63) is 11.8 Å². The summed E-state index contributed by atoms with van der Waals surface area (Å²) in [5.41, 5.74) is -0.389. The number of aromatic nitrogens is 2. The average Bonchev–Trinajstić information content (AvgIpc) is 2.78. The largest absolute Gasteiger partial charge is 0.478 e. The number of hydrogen-bond acceptors (Lipinski definition) is 5. The topological polar surface area (TPSA) is 121 Å². The fourth-order valence-corrected chi connectivity index (χ4v) is 2.98. The molecule has 0 radical (unpaired) electrons. The van der Waals surface area contributed by atoms with Gasteiger partial charge in [-0.2, -0.15) is 5.10 Å². The standard InChI is InChI=1S/C10H17N3O5S/c1-3-4-7(6-18-2)13-19(16,17)9-8(10(14)15)5-11-12-9/h5,7,13H,3-4,6H2,1-2H3,(H,11,12)(H,14,15). The number of ether oxygens (including phenoxy) is 1. The molecule has 0 aliphatic rings. The first-order valence-corrected chi connectivity index (χ1v) is 7.18. The van der Waals surface area contributed by atoms with E-state index in [9.17, 15) is 13.2 Å². The van der Waals surface area contributed by atoms with E-state index in [2.05, 4.69) is 14.9 Å². The number of H-pyrrole nitrogens is 1. The third-order valence-corrected chi connectivity index (χ3v) is 3.92. The van der Waals surface area contributed by atoms with Crippen molar-refractivity contribution in [1.82, 2.24) is 14.9 Å². The molecule has 0 amide bonds. The normalized spacial score (nSPS) is 13.4. The molecule has 0 aromatic carbocycles. The number of sulfonamides is 1. The summed E-state index contributed by atoms with van der Waals surface area (Å²) in [6.45, 7) is 2.12. The number of carbonyl (C=O) groups is 1. The van der Waals surface area contributed by atoms with Crippen molar-refractivity contribution < 1.29 is 23.1 Å². The van der Waals surface area contributed by atoms with E-state index in [1.807, 2.05) is 6.92 Å². The molecule has 0 saturated heterocycles. The molecule has 0 spiro atoms. The third-order valence-electron chi connectivity index (χ3n) is 2.43. The highest BCUT2D eigenvalue weighted by Crippen LogP contribution is 2.13. The lowest BCUT2D eigenvalue weighted by Gasteiger charge is -2.16. The number of hydrogen-bond donors (Lipinski definition) is 3. The highest BCUT2D eigenvalue weighted by molar-refractivity contribution is 7.89. The van der Waals surface area contributed by atoms with Gasteiger partial charge in [0.2, 0.25) is 0 Å². The molecule has 0 fully saturated rings. The number of nitrogens with zero attached hydrogens (tertiary/aromatic N) is 1. The lowest BCUT2D eigenvalue weighted by Crippen LogP contribution is -2.38. The van der Waals surface area contributed by atoms with Crippen LogP contribution in [0.5, 0.6) is 0 Å². The summed E-state index contributed by atoms with van der Waals surface area (Å²) in [6.07, 6.45) is 2.32. The Morgan fingerprint density at radius 1 is 1.63 bits per heavy atom. The Bertz CT molecular complexity index is 519. The number of aromatic carboxylic acids is 1. The molecule has 0 saturated carbocycles. The second kappa shape index (κ2) is 6.64. The van der Waals surface area contributed by atoms with Crippen molar-refractivity contribution >= 4 is 16.0 Å².